The number of aliphatic hydroxyl groups excluding tert-OH is 1. The van der Waals surface area contributed by atoms with Crippen LogP contribution in [0, 0.1) is 0 Å². The van der Waals surface area contributed by atoms with Gasteiger partial charge in [0.15, 0.2) is 0 Å². The van der Waals surface area contributed by atoms with Crippen molar-refractivity contribution in [1.29, 1.82) is 0 Å². The van der Waals surface area contributed by atoms with E-state index in [0.717, 1.165) is 24.7 Å². The highest BCUT2D eigenvalue weighted by atomic mass is 32.2. The van der Waals surface area contributed by atoms with Gasteiger partial charge in [-0.1, -0.05) is 0 Å². The Bertz CT molecular complexity index is 370. The number of thioether (sulfide) groups is 1. The van der Waals surface area contributed by atoms with Crippen molar-refractivity contribution >= 4 is 17.6 Å². The van der Waals surface area contributed by atoms with E-state index in [1.54, 1.807) is 12.4 Å². The van der Waals surface area contributed by atoms with Crippen LogP contribution in [0.4, 0.5) is 5.82 Å². The zero-order valence-corrected chi connectivity index (χ0v) is 10.5. The summed E-state index contributed by atoms with van der Waals surface area (Å²) in [5, 5.41) is 9.04. The highest BCUT2D eigenvalue weighted by Gasteiger charge is 2.27. The molecule has 4 nitrogen and oxygen atoms in total. The number of hydrogen-bond acceptors (Lipinski definition) is 5. The maximum Gasteiger partial charge on any atom is 0.147 e. The summed E-state index contributed by atoms with van der Waals surface area (Å²) in [4.78, 5) is 10.7. The summed E-state index contributed by atoms with van der Waals surface area (Å²) in [5.41, 5.74) is 0.633. The third kappa shape index (κ3) is 2.65. The zero-order chi connectivity index (χ0) is 11.6. The summed E-state index contributed by atoms with van der Waals surface area (Å²) in [6.45, 7) is 6.41. The van der Waals surface area contributed by atoms with Crippen molar-refractivity contribution in [3.05, 3.63) is 18.1 Å². The minimum Gasteiger partial charge on any atom is -0.390 e. The van der Waals surface area contributed by atoms with E-state index in [-0.39, 0.29) is 11.4 Å². The summed E-state index contributed by atoms with van der Waals surface area (Å²) in [7, 11) is 0. The first-order valence-electron chi connectivity index (χ1n) is 5.41. The van der Waals surface area contributed by atoms with Crippen LogP contribution >= 0.6 is 11.8 Å². The Labute approximate surface area is 100 Å². The van der Waals surface area contributed by atoms with Crippen molar-refractivity contribution in [2.45, 2.75) is 25.2 Å². The van der Waals surface area contributed by atoms with Crippen LogP contribution in [0.1, 0.15) is 19.5 Å². The highest BCUT2D eigenvalue weighted by molar-refractivity contribution is 8.00. The molecule has 1 aromatic rings. The van der Waals surface area contributed by atoms with Gasteiger partial charge >= 0.3 is 0 Å². The van der Waals surface area contributed by atoms with E-state index in [4.69, 9.17) is 5.11 Å². The Morgan fingerprint density at radius 1 is 1.50 bits per heavy atom. The number of rotatable bonds is 2. The van der Waals surface area contributed by atoms with Crippen molar-refractivity contribution in [3.8, 4) is 0 Å². The predicted molar refractivity (Wildman–Crippen MR) is 66.7 cm³/mol. The summed E-state index contributed by atoms with van der Waals surface area (Å²) in [6, 6.07) is 0. The van der Waals surface area contributed by atoms with Gasteiger partial charge in [-0.2, -0.15) is 11.8 Å². The predicted octanol–water partition coefficient (Wildman–Crippen LogP) is 1.30. The maximum atomic E-state index is 9.04. The molecule has 1 aliphatic rings. The van der Waals surface area contributed by atoms with E-state index in [1.165, 1.54) is 0 Å². The van der Waals surface area contributed by atoms with Gasteiger partial charge in [0.2, 0.25) is 0 Å². The van der Waals surface area contributed by atoms with Gasteiger partial charge in [-0.3, -0.25) is 4.98 Å². The van der Waals surface area contributed by atoms with Gasteiger partial charge in [-0.25, -0.2) is 4.98 Å². The molecule has 88 valence electrons. The summed E-state index contributed by atoms with van der Waals surface area (Å²) in [5.74, 6) is 1.98. The van der Waals surface area contributed by atoms with Crippen LogP contribution in [0.3, 0.4) is 0 Å². The molecular weight excluding hydrogens is 222 g/mol. The molecule has 1 saturated heterocycles. The van der Waals surface area contributed by atoms with Crippen molar-refractivity contribution in [2.75, 3.05) is 23.7 Å². The third-order valence-corrected chi connectivity index (χ3v) is 3.88. The number of aromatic nitrogens is 2. The lowest BCUT2D eigenvalue weighted by Gasteiger charge is -2.38. The maximum absolute atomic E-state index is 9.04. The zero-order valence-electron chi connectivity index (χ0n) is 9.68. The lowest BCUT2D eigenvalue weighted by molar-refractivity contribution is 0.276. The highest BCUT2D eigenvalue weighted by Crippen LogP contribution is 2.31. The molecule has 0 unspecified atom stereocenters. The SMILES string of the molecule is CC1(C)CN(c2cncc(CO)n2)CCS1. The summed E-state index contributed by atoms with van der Waals surface area (Å²) < 4.78 is 0.259. The van der Waals surface area contributed by atoms with Crippen LogP contribution in [0.15, 0.2) is 12.4 Å². The molecule has 5 heteroatoms. The Kier molecular flexibility index (Phi) is 3.35. The second-order valence-corrected chi connectivity index (χ2v) is 6.36. The molecule has 16 heavy (non-hydrogen) atoms. The number of anilines is 1. The van der Waals surface area contributed by atoms with Crippen molar-refractivity contribution < 1.29 is 5.11 Å². The molecule has 0 aromatic carbocycles. The molecule has 1 aromatic heterocycles. The molecule has 0 aliphatic carbocycles. The fraction of sp³-hybridized carbons (Fsp3) is 0.636. The Morgan fingerprint density at radius 2 is 2.31 bits per heavy atom. The minimum absolute atomic E-state index is 0.0488. The molecule has 0 atom stereocenters. The molecule has 2 heterocycles. The normalized spacial score (nSPS) is 19.8. The second kappa shape index (κ2) is 4.59. The Morgan fingerprint density at radius 3 is 3.00 bits per heavy atom. The molecule has 0 bridgehead atoms. The number of nitrogens with zero attached hydrogens (tertiary/aromatic N) is 3. The molecule has 0 amide bonds. The smallest absolute Gasteiger partial charge is 0.147 e. The van der Waals surface area contributed by atoms with Gasteiger partial charge in [-0.15, -0.1) is 0 Å². The molecular formula is C11H17N3OS. The molecule has 2 rings (SSSR count). The van der Waals surface area contributed by atoms with Crippen LogP contribution < -0.4 is 4.90 Å². The Hall–Kier alpha value is -0.810. The molecule has 0 radical (unpaired) electrons. The lowest BCUT2D eigenvalue weighted by atomic mass is 10.2. The topological polar surface area (TPSA) is 49.2 Å². The van der Waals surface area contributed by atoms with Crippen molar-refractivity contribution in [1.82, 2.24) is 9.97 Å². The quantitative estimate of drug-likeness (QED) is 0.843. The van der Waals surface area contributed by atoms with E-state index in [0.29, 0.717) is 5.69 Å². The fourth-order valence-electron chi connectivity index (χ4n) is 1.84. The first-order chi connectivity index (χ1) is 7.61. The van der Waals surface area contributed by atoms with Crippen LogP contribution in [0.2, 0.25) is 0 Å². The second-order valence-electron chi connectivity index (χ2n) is 4.56. The number of hydrogen-bond donors (Lipinski definition) is 1. The van der Waals surface area contributed by atoms with Gasteiger partial charge in [0.05, 0.1) is 24.7 Å². The van der Waals surface area contributed by atoms with Crippen LogP contribution in [-0.4, -0.2) is 38.7 Å². The van der Waals surface area contributed by atoms with Crippen molar-refractivity contribution in [3.63, 3.8) is 0 Å². The summed E-state index contributed by atoms with van der Waals surface area (Å²) >= 11 is 1.99. The third-order valence-electron chi connectivity index (χ3n) is 2.58. The molecule has 0 spiro atoms. The molecule has 1 N–H and O–H groups in total. The monoisotopic (exact) mass is 239 g/mol. The standard InChI is InChI=1S/C11H17N3OS/c1-11(2)8-14(3-4-16-11)10-6-12-5-9(7-15)13-10/h5-6,15H,3-4,7-8H2,1-2H3. The van der Waals surface area contributed by atoms with E-state index < -0.39 is 0 Å². The molecule has 0 saturated carbocycles. The average Bonchev–Trinajstić information content (AvgIpc) is 2.28. The minimum atomic E-state index is -0.0488. The number of aliphatic hydroxyl groups is 1. The van der Waals surface area contributed by atoms with Crippen LogP contribution in [0.25, 0.3) is 0 Å². The van der Waals surface area contributed by atoms with Crippen molar-refractivity contribution in [2.24, 2.45) is 0 Å². The Balaban J connectivity index is 2.16. The van der Waals surface area contributed by atoms with Gasteiger partial charge < -0.3 is 10.0 Å². The van der Waals surface area contributed by atoms with Gasteiger partial charge in [0.25, 0.3) is 0 Å². The van der Waals surface area contributed by atoms with E-state index >= 15 is 0 Å². The van der Waals surface area contributed by atoms with Crippen LogP contribution in [-0.2, 0) is 6.61 Å². The first kappa shape index (κ1) is 11.7. The van der Waals surface area contributed by atoms with Gasteiger partial charge in [-0.05, 0) is 13.8 Å². The van der Waals surface area contributed by atoms with E-state index in [1.807, 2.05) is 11.8 Å². The van der Waals surface area contributed by atoms with Gasteiger partial charge in [0, 0.05) is 23.6 Å². The largest absolute Gasteiger partial charge is 0.390 e. The van der Waals surface area contributed by atoms with Crippen LogP contribution in [0.5, 0.6) is 0 Å². The average molecular weight is 239 g/mol. The molecule has 1 aliphatic heterocycles. The van der Waals surface area contributed by atoms with E-state index in [2.05, 4.69) is 28.7 Å². The fourth-order valence-corrected chi connectivity index (χ4v) is 2.95. The van der Waals surface area contributed by atoms with Gasteiger partial charge in [0.1, 0.15) is 5.82 Å². The summed E-state index contributed by atoms with van der Waals surface area (Å²) in [6.07, 6.45) is 3.37. The lowest BCUT2D eigenvalue weighted by Crippen LogP contribution is -2.43. The van der Waals surface area contributed by atoms with E-state index in [9.17, 15) is 0 Å². The first-order valence-corrected chi connectivity index (χ1v) is 6.40. The molecule has 1 fully saturated rings.